The van der Waals surface area contributed by atoms with Crippen LogP contribution in [0.1, 0.15) is 12.1 Å². The quantitative estimate of drug-likeness (QED) is 0.496. The highest BCUT2D eigenvalue weighted by atomic mass is 32.2. The molecule has 0 atom stereocenters. The lowest BCUT2D eigenvalue weighted by Gasteiger charge is -2.07. The van der Waals surface area contributed by atoms with E-state index in [0.717, 1.165) is 0 Å². The van der Waals surface area contributed by atoms with E-state index in [4.69, 9.17) is 9.47 Å². The van der Waals surface area contributed by atoms with Gasteiger partial charge in [0.25, 0.3) is 0 Å². The van der Waals surface area contributed by atoms with Crippen LogP contribution in [-0.2, 0) is 20.3 Å². The molecule has 156 valence electrons. The molecule has 3 rings (SSSR count). The van der Waals surface area contributed by atoms with E-state index in [1.165, 1.54) is 24.4 Å². The number of ether oxygens (including phenoxy) is 3. The van der Waals surface area contributed by atoms with Crippen LogP contribution in [0.3, 0.4) is 0 Å². The SMILES string of the molecule is COCCCOc1ccnc(CS(=O)(=O)c2nc3ccc(OC(F)F)cc3[nH]2)c1. The van der Waals surface area contributed by atoms with Gasteiger partial charge in [-0.1, -0.05) is 0 Å². The second-order valence-corrected chi connectivity index (χ2v) is 7.94. The minimum atomic E-state index is -3.85. The predicted molar refractivity (Wildman–Crippen MR) is 99.8 cm³/mol. The number of hydrogen-bond acceptors (Lipinski definition) is 7. The normalized spacial score (nSPS) is 11.9. The zero-order valence-corrected chi connectivity index (χ0v) is 16.3. The Balaban J connectivity index is 1.75. The zero-order chi connectivity index (χ0) is 20.9. The molecule has 1 aromatic carbocycles. The summed E-state index contributed by atoms with van der Waals surface area (Å²) in [5.41, 5.74) is 0.870. The maximum absolute atomic E-state index is 12.7. The van der Waals surface area contributed by atoms with Crippen molar-refractivity contribution in [2.45, 2.75) is 23.9 Å². The summed E-state index contributed by atoms with van der Waals surface area (Å²) in [4.78, 5) is 10.7. The fourth-order valence-corrected chi connectivity index (χ4v) is 3.76. The molecular formula is C18H19F2N3O5S. The Kier molecular flexibility index (Phi) is 6.60. The van der Waals surface area contributed by atoms with E-state index in [-0.39, 0.29) is 22.1 Å². The van der Waals surface area contributed by atoms with E-state index in [1.54, 1.807) is 19.2 Å². The van der Waals surface area contributed by atoms with Gasteiger partial charge >= 0.3 is 6.61 Å². The standard InChI is InChI=1S/C18H19F2N3O5S/c1-26-7-2-8-27-13-5-6-21-12(9-13)11-29(24,25)18-22-15-4-3-14(28-17(19)20)10-16(15)23-18/h3-6,9-10,17H,2,7-8,11H2,1H3,(H,22,23). The maximum atomic E-state index is 12.7. The number of sulfone groups is 1. The van der Waals surface area contributed by atoms with Gasteiger partial charge in [0.15, 0.2) is 0 Å². The Bertz CT molecular complexity index is 1070. The van der Waals surface area contributed by atoms with Crippen LogP contribution in [0, 0.1) is 0 Å². The summed E-state index contributed by atoms with van der Waals surface area (Å²) in [6.45, 7) is -1.99. The number of aromatic amines is 1. The van der Waals surface area contributed by atoms with Gasteiger partial charge < -0.3 is 19.2 Å². The summed E-state index contributed by atoms with van der Waals surface area (Å²) >= 11 is 0. The smallest absolute Gasteiger partial charge is 0.387 e. The van der Waals surface area contributed by atoms with Crippen LogP contribution in [-0.4, -0.2) is 50.3 Å². The molecule has 3 aromatic rings. The largest absolute Gasteiger partial charge is 0.493 e. The van der Waals surface area contributed by atoms with Gasteiger partial charge in [0.05, 0.1) is 23.3 Å². The average molecular weight is 427 g/mol. The summed E-state index contributed by atoms with van der Waals surface area (Å²) in [6, 6.07) is 7.13. The second-order valence-electron chi connectivity index (χ2n) is 6.04. The molecule has 0 aliphatic rings. The number of H-pyrrole nitrogens is 1. The van der Waals surface area contributed by atoms with Gasteiger partial charge in [-0.2, -0.15) is 8.78 Å². The highest BCUT2D eigenvalue weighted by molar-refractivity contribution is 7.90. The number of methoxy groups -OCH3 is 1. The maximum Gasteiger partial charge on any atom is 0.387 e. The first-order valence-electron chi connectivity index (χ1n) is 8.61. The number of nitrogens with one attached hydrogen (secondary N) is 1. The molecule has 0 bridgehead atoms. The van der Waals surface area contributed by atoms with Crippen LogP contribution in [0.2, 0.25) is 0 Å². The molecule has 0 aliphatic carbocycles. The number of imidazole rings is 1. The Hall–Kier alpha value is -2.79. The minimum absolute atomic E-state index is 0.0971. The topological polar surface area (TPSA) is 103 Å². The molecule has 0 radical (unpaired) electrons. The van der Waals surface area contributed by atoms with Crippen molar-refractivity contribution in [3.8, 4) is 11.5 Å². The summed E-state index contributed by atoms with van der Waals surface area (Å²) in [5.74, 6) is 0.00227. The van der Waals surface area contributed by atoms with Crippen molar-refractivity contribution in [2.75, 3.05) is 20.3 Å². The molecule has 0 saturated heterocycles. The molecule has 8 nitrogen and oxygen atoms in total. The number of alkyl halides is 2. The van der Waals surface area contributed by atoms with Crippen molar-refractivity contribution in [2.24, 2.45) is 0 Å². The lowest BCUT2D eigenvalue weighted by Crippen LogP contribution is -2.08. The number of fused-ring (bicyclic) bond motifs is 1. The number of nitrogens with zero attached hydrogens (tertiary/aromatic N) is 2. The van der Waals surface area contributed by atoms with Gasteiger partial charge in [-0.05, 0) is 18.2 Å². The van der Waals surface area contributed by atoms with Crippen molar-refractivity contribution in [3.63, 3.8) is 0 Å². The lowest BCUT2D eigenvalue weighted by molar-refractivity contribution is -0.0497. The van der Waals surface area contributed by atoms with Gasteiger partial charge in [-0.3, -0.25) is 4.98 Å². The van der Waals surface area contributed by atoms with Gasteiger partial charge in [-0.25, -0.2) is 13.4 Å². The predicted octanol–water partition coefficient (Wildman–Crippen LogP) is 2.95. The van der Waals surface area contributed by atoms with E-state index >= 15 is 0 Å². The number of rotatable bonds is 10. The van der Waals surface area contributed by atoms with E-state index in [0.29, 0.717) is 30.9 Å². The Morgan fingerprint density at radius 3 is 2.72 bits per heavy atom. The first-order valence-corrected chi connectivity index (χ1v) is 10.3. The summed E-state index contributed by atoms with van der Waals surface area (Å²) in [6.07, 6.45) is 2.16. The molecular weight excluding hydrogens is 408 g/mol. The van der Waals surface area contributed by atoms with E-state index in [2.05, 4.69) is 19.7 Å². The molecule has 0 amide bonds. The van der Waals surface area contributed by atoms with Crippen LogP contribution in [0.25, 0.3) is 11.0 Å². The van der Waals surface area contributed by atoms with Crippen molar-refractivity contribution in [1.29, 1.82) is 0 Å². The van der Waals surface area contributed by atoms with Crippen molar-refractivity contribution in [3.05, 3.63) is 42.2 Å². The van der Waals surface area contributed by atoms with Gasteiger partial charge in [0, 0.05) is 38.5 Å². The number of hydrogen-bond donors (Lipinski definition) is 1. The van der Waals surface area contributed by atoms with E-state index < -0.39 is 22.2 Å². The second kappa shape index (κ2) is 9.14. The first kappa shape index (κ1) is 20.9. The van der Waals surface area contributed by atoms with Crippen LogP contribution in [0.15, 0.2) is 41.7 Å². The molecule has 2 aromatic heterocycles. The third-order valence-corrected chi connectivity index (χ3v) is 5.30. The van der Waals surface area contributed by atoms with Crippen molar-refractivity contribution < 1.29 is 31.4 Å². The molecule has 0 unspecified atom stereocenters. The molecule has 0 spiro atoms. The monoisotopic (exact) mass is 427 g/mol. The number of aromatic nitrogens is 3. The number of halogens is 2. The third kappa shape index (κ3) is 5.61. The molecule has 1 N–H and O–H groups in total. The highest BCUT2D eigenvalue weighted by Gasteiger charge is 2.21. The van der Waals surface area contributed by atoms with Gasteiger partial charge in [-0.15, -0.1) is 0 Å². The Morgan fingerprint density at radius 2 is 1.97 bits per heavy atom. The number of pyridine rings is 1. The Morgan fingerprint density at radius 1 is 1.14 bits per heavy atom. The summed E-state index contributed by atoms with van der Waals surface area (Å²) < 4.78 is 64.9. The van der Waals surface area contributed by atoms with Gasteiger partial charge in [0.2, 0.25) is 15.0 Å². The van der Waals surface area contributed by atoms with E-state index in [9.17, 15) is 17.2 Å². The zero-order valence-electron chi connectivity index (χ0n) is 15.5. The van der Waals surface area contributed by atoms with Crippen molar-refractivity contribution in [1.82, 2.24) is 15.0 Å². The van der Waals surface area contributed by atoms with Crippen molar-refractivity contribution >= 4 is 20.9 Å². The molecule has 0 fully saturated rings. The third-order valence-electron chi connectivity index (χ3n) is 3.84. The molecule has 2 heterocycles. The van der Waals surface area contributed by atoms with E-state index in [1.807, 2.05) is 0 Å². The average Bonchev–Trinajstić information content (AvgIpc) is 3.09. The Labute approximate surface area is 165 Å². The summed E-state index contributed by atoms with van der Waals surface area (Å²) in [7, 11) is -2.25. The van der Waals surface area contributed by atoms with Crippen LogP contribution < -0.4 is 9.47 Å². The van der Waals surface area contributed by atoms with Crippen LogP contribution in [0.5, 0.6) is 11.5 Å². The van der Waals surface area contributed by atoms with Crippen LogP contribution >= 0.6 is 0 Å². The highest BCUT2D eigenvalue weighted by Crippen LogP contribution is 2.23. The molecule has 0 saturated carbocycles. The minimum Gasteiger partial charge on any atom is -0.493 e. The lowest BCUT2D eigenvalue weighted by atomic mass is 10.3. The molecule has 29 heavy (non-hydrogen) atoms. The summed E-state index contributed by atoms with van der Waals surface area (Å²) in [5, 5.41) is -0.282. The number of benzene rings is 1. The molecule has 0 aliphatic heterocycles. The fourth-order valence-electron chi connectivity index (χ4n) is 2.57. The first-order chi connectivity index (χ1) is 13.9. The molecule has 11 heteroatoms. The fraction of sp³-hybridized carbons (Fsp3) is 0.333. The van der Waals surface area contributed by atoms with Gasteiger partial charge in [0.1, 0.15) is 17.3 Å². The van der Waals surface area contributed by atoms with Crippen LogP contribution in [0.4, 0.5) is 8.78 Å².